The molecule has 5 rings (SSSR count). The van der Waals surface area contributed by atoms with Gasteiger partial charge in [0.2, 0.25) is 5.91 Å². The van der Waals surface area contributed by atoms with Crippen molar-refractivity contribution in [1.29, 1.82) is 0 Å². The number of halogens is 1. The third kappa shape index (κ3) is 2.68. The summed E-state index contributed by atoms with van der Waals surface area (Å²) in [4.78, 5) is 12.4. The van der Waals surface area contributed by atoms with Crippen LogP contribution in [0.4, 0.5) is 0 Å². The van der Waals surface area contributed by atoms with E-state index in [-0.39, 0.29) is 12.4 Å². The van der Waals surface area contributed by atoms with E-state index in [1.165, 1.54) is 36.8 Å². The van der Waals surface area contributed by atoms with E-state index in [0.717, 1.165) is 12.8 Å². The van der Waals surface area contributed by atoms with Crippen LogP contribution in [0.25, 0.3) is 0 Å². The summed E-state index contributed by atoms with van der Waals surface area (Å²) in [6.45, 7) is 0. The molecule has 2 heterocycles. The summed E-state index contributed by atoms with van der Waals surface area (Å²) in [5.74, 6) is 2.17. The van der Waals surface area contributed by atoms with Gasteiger partial charge in [-0.1, -0.05) is 24.3 Å². The molecule has 1 aromatic rings. The Bertz CT molecular complexity index is 607. The monoisotopic (exact) mass is 332 g/mol. The molecule has 1 aromatic carbocycles. The summed E-state index contributed by atoms with van der Waals surface area (Å²) in [7, 11) is 0. The molecule has 3 nitrogen and oxygen atoms in total. The molecular weight excluding hydrogens is 308 g/mol. The van der Waals surface area contributed by atoms with E-state index in [9.17, 15) is 4.79 Å². The smallest absolute Gasteiger partial charge is 0.220 e. The van der Waals surface area contributed by atoms with Crippen LogP contribution in [0.2, 0.25) is 0 Å². The highest BCUT2D eigenvalue weighted by atomic mass is 35.5. The van der Waals surface area contributed by atoms with Crippen LogP contribution in [0.15, 0.2) is 24.3 Å². The molecule has 0 aromatic heterocycles. The Hall–Kier alpha value is -1.06. The lowest BCUT2D eigenvalue weighted by Gasteiger charge is -2.28. The fourth-order valence-electron chi connectivity index (χ4n) is 5.40. The highest BCUT2D eigenvalue weighted by molar-refractivity contribution is 5.85. The normalized spacial score (nSPS) is 39.1. The molecule has 2 aliphatic carbocycles. The Morgan fingerprint density at radius 1 is 1.17 bits per heavy atom. The van der Waals surface area contributed by atoms with Crippen molar-refractivity contribution in [3.05, 3.63) is 35.4 Å². The number of hydrogen-bond acceptors (Lipinski definition) is 2. The van der Waals surface area contributed by atoms with E-state index in [1.807, 2.05) is 0 Å². The number of hydrogen-bond donors (Lipinski definition) is 2. The van der Waals surface area contributed by atoms with E-state index >= 15 is 0 Å². The van der Waals surface area contributed by atoms with Gasteiger partial charge in [-0.25, -0.2) is 0 Å². The molecule has 124 valence electrons. The lowest BCUT2D eigenvalue weighted by atomic mass is 9.89. The second kappa shape index (κ2) is 5.78. The summed E-state index contributed by atoms with van der Waals surface area (Å²) in [5.41, 5.74) is 2.98. The first-order valence-electron chi connectivity index (χ1n) is 8.91. The minimum atomic E-state index is 0. The Morgan fingerprint density at radius 3 is 2.70 bits per heavy atom. The third-order valence-electron chi connectivity index (χ3n) is 6.41. The lowest BCUT2D eigenvalue weighted by Crippen LogP contribution is -2.40. The molecule has 23 heavy (non-hydrogen) atoms. The third-order valence-corrected chi connectivity index (χ3v) is 6.41. The molecule has 5 atom stereocenters. The Kier molecular flexibility index (Phi) is 3.89. The Morgan fingerprint density at radius 2 is 1.91 bits per heavy atom. The maximum Gasteiger partial charge on any atom is 0.220 e. The van der Waals surface area contributed by atoms with Gasteiger partial charge >= 0.3 is 0 Å². The molecule has 2 bridgehead atoms. The van der Waals surface area contributed by atoms with Gasteiger partial charge in [0, 0.05) is 30.5 Å². The summed E-state index contributed by atoms with van der Waals surface area (Å²) in [6.07, 6.45) is 6.92. The van der Waals surface area contributed by atoms with E-state index in [1.54, 1.807) is 0 Å². The molecule has 3 fully saturated rings. The van der Waals surface area contributed by atoms with Gasteiger partial charge in [0.15, 0.2) is 0 Å². The van der Waals surface area contributed by atoms with Crippen LogP contribution >= 0.6 is 12.4 Å². The molecular formula is C19H25ClN2O. The summed E-state index contributed by atoms with van der Waals surface area (Å²) in [6, 6.07) is 10.5. The first kappa shape index (κ1) is 15.5. The van der Waals surface area contributed by atoms with Crippen molar-refractivity contribution in [2.45, 2.75) is 62.6 Å². The number of fused-ring (bicyclic) bond motifs is 5. The lowest BCUT2D eigenvalue weighted by molar-refractivity contribution is -0.122. The van der Waals surface area contributed by atoms with Gasteiger partial charge in [-0.05, 0) is 55.1 Å². The van der Waals surface area contributed by atoms with Gasteiger partial charge in [-0.2, -0.15) is 0 Å². The standard InChI is InChI=1S/C19H24N2O.ClH/c22-17(9-11-7-13-5-6-14(8-11)20-13)21-19-16-10-12-3-1-2-4-15(12)18(16)19;/h1-4,11,13-14,16,18-20H,5-10H2,(H,21,22);1H. The Balaban J connectivity index is 0.00000135. The fraction of sp³-hybridized carbons (Fsp3) is 0.632. The number of carbonyl (C=O) groups excluding carboxylic acids is 1. The van der Waals surface area contributed by atoms with E-state index in [4.69, 9.17) is 0 Å². The van der Waals surface area contributed by atoms with Crippen LogP contribution in [-0.4, -0.2) is 24.0 Å². The minimum Gasteiger partial charge on any atom is -0.352 e. The van der Waals surface area contributed by atoms with Gasteiger partial charge in [0.1, 0.15) is 0 Å². The van der Waals surface area contributed by atoms with Crippen molar-refractivity contribution in [2.75, 3.05) is 0 Å². The average molecular weight is 333 g/mol. The van der Waals surface area contributed by atoms with Gasteiger partial charge in [0.25, 0.3) is 0 Å². The largest absolute Gasteiger partial charge is 0.352 e. The average Bonchev–Trinajstić information content (AvgIpc) is 2.88. The zero-order valence-corrected chi connectivity index (χ0v) is 14.1. The molecule has 0 radical (unpaired) electrons. The van der Waals surface area contributed by atoms with Crippen LogP contribution in [0.1, 0.15) is 49.1 Å². The van der Waals surface area contributed by atoms with Crippen molar-refractivity contribution >= 4 is 18.3 Å². The van der Waals surface area contributed by atoms with Crippen LogP contribution < -0.4 is 10.6 Å². The number of rotatable bonds is 3. The molecule has 2 saturated heterocycles. The van der Waals surface area contributed by atoms with Crippen LogP contribution in [0.5, 0.6) is 0 Å². The van der Waals surface area contributed by atoms with Gasteiger partial charge in [-0.15, -0.1) is 12.4 Å². The number of carbonyl (C=O) groups is 1. The molecule has 2 N–H and O–H groups in total. The van der Waals surface area contributed by atoms with Gasteiger partial charge in [-0.3, -0.25) is 4.79 Å². The zero-order chi connectivity index (χ0) is 14.7. The molecule has 1 amide bonds. The number of piperidine rings is 1. The number of benzene rings is 1. The summed E-state index contributed by atoms with van der Waals surface area (Å²) >= 11 is 0. The SMILES string of the molecule is Cl.O=C(CC1CC2CCC(C1)N2)NC1C2Cc3ccccc3C21. The Labute approximate surface area is 144 Å². The maximum absolute atomic E-state index is 12.4. The topological polar surface area (TPSA) is 41.1 Å². The molecule has 0 spiro atoms. The van der Waals surface area contributed by atoms with Crippen molar-refractivity contribution in [1.82, 2.24) is 10.6 Å². The quantitative estimate of drug-likeness (QED) is 0.893. The van der Waals surface area contributed by atoms with Gasteiger partial charge in [0.05, 0.1) is 0 Å². The summed E-state index contributed by atoms with van der Waals surface area (Å²) < 4.78 is 0. The number of nitrogens with one attached hydrogen (secondary N) is 2. The molecule has 2 aliphatic heterocycles. The predicted molar refractivity (Wildman–Crippen MR) is 92.8 cm³/mol. The van der Waals surface area contributed by atoms with Crippen LogP contribution in [0, 0.1) is 11.8 Å². The highest BCUT2D eigenvalue weighted by Crippen LogP contribution is 2.56. The van der Waals surface area contributed by atoms with Crippen molar-refractivity contribution in [3.8, 4) is 0 Å². The molecule has 5 unspecified atom stereocenters. The maximum atomic E-state index is 12.4. The zero-order valence-electron chi connectivity index (χ0n) is 13.3. The first-order chi connectivity index (χ1) is 10.8. The van der Waals surface area contributed by atoms with Crippen molar-refractivity contribution in [3.63, 3.8) is 0 Å². The van der Waals surface area contributed by atoms with Crippen molar-refractivity contribution < 1.29 is 4.79 Å². The first-order valence-corrected chi connectivity index (χ1v) is 8.91. The van der Waals surface area contributed by atoms with Gasteiger partial charge < -0.3 is 10.6 Å². The minimum absolute atomic E-state index is 0. The van der Waals surface area contributed by atoms with E-state index in [2.05, 4.69) is 34.9 Å². The second-order valence-electron chi connectivity index (χ2n) is 7.87. The van der Waals surface area contributed by atoms with Crippen molar-refractivity contribution in [2.24, 2.45) is 11.8 Å². The molecule has 1 saturated carbocycles. The highest BCUT2D eigenvalue weighted by Gasteiger charge is 2.56. The number of amides is 1. The van der Waals surface area contributed by atoms with Crippen LogP contribution in [-0.2, 0) is 11.2 Å². The molecule has 4 heteroatoms. The van der Waals surface area contributed by atoms with E-state index in [0.29, 0.717) is 41.8 Å². The molecule has 4 aliphatic rings. The second-order valence-corrected chi connectivity index (χ2v) is 7.87. The van der Waals surface area contributed by atoms with Crippen LogP contribution in [0.3, 0.4) is 0 Å². The van der Waals surface area contributed by atoms with E-state index < -0.39 is 0 Å². The summed E-state index contributed by atoms with van der Waals surface area (Å²) in [5, 5.41) is 6.99. The predicted octanol–water partition coefficient (Wildman–Crippen LogP) is 2.78. The fourth-order valence-corrected chi connectivity index (χ4v) is 5.40.